The molecule has 4 fully saturated rings. The van der Waals surface area contributed by atoms with Crippen molar-refractivity contribution in [2.45, 2.75) is 89.0 Å². The molecule has 0 radical (unpaired) electrons. The van der Waals surface area contributed by atoms with Crippen molar-refractivity contribution in [2.75, 3.05) is 40.9 Å². The van der Waals surface area contributed by atoms with Gasteiger partial charge in [0, 0.05) is 39.8 Å². The number of rotatable bonds is 14. The summed E-state index contributed by atoms with van der Waals surface area (Å²) in [5, 5.41) is 13.7. The molecule has 1 spiro atoms. The van der Waals surface area contributed by atoms with Crippen molar-refractivity contribution in [3.8, 4) is 23.3 Å². The molecule has 10 heteroatoms. The molecule has 0 bridgehead atoms. The summed E-state index contributed by atoms with van der Waals surface area (Å²) in [7, 11) is 5.68. The van der Waals surface area contributed by atoms with Gasteiger partial charge in [0.2, 0.25) is 11.8 Å². The van der Waals surface area contributed by atoms with Crippen LogP contribution in [0, 0.1) is 23.7 Å². The first-order chi connectivity index (χ1) is 29.4. The molecular formula is C50H58N6O4. The second kappa shape index (κ2) is 16.1. The fourth-order valence-corrected chi connectivity index (χ4v) is 11.8. The Bertz CT molecular complexity index is 2520. The zero-order valence-corrected chi connectivity index (χ0v) is 35.7. The highest BCUT2D eigenvalue weighted by molar-refractivity contribution is 5.91. The Morgan fingerprint density at radius 1 is 0.683 bits per heavy atom. The lowest BCUT2D eigenvalue weighted by Gasteiger charge is -2.43. The zero-order chi connectivity index (χ0) is 41.0. The van der Waals surface area contributed by atoms with E-state index in [1.807, 2.05) is 36.7 Å². The minimum atomic E-state index is -0.281. The topological polar surface area (TPSA) is 94.7 Å². The molecule has 5 unspecified atom stereocenters. The first kappa shape index (κ1) is 39.1. The van der Waals surface area contributed by atoms with Crippen LogP contribution in [-0.2, 0) is 0 Å². The van der Waals surface area contributed by atoms with Crippen LogP contribution in [0.1, 0.15) is 88.5 Å². The first-order valence-electron chi connectivity index (χ1n) is 22.3. The number of fused-ring (bicyclic) bond motifs is 3. The summed E-state index contributed by atoms with van der Waals surface area (Å²) in [5.74, 6) is 5.41. The molecule has 3 aromatic heterocycles. The maximum absolute atomic E-state index is 7.31. The Hall–Kier alpha value is -5.06. The third kappa shape index (κ3) is 6.71. The molecule has 6 aromatic rings. The maximum Gasteiger partial charge on any atom is 0.242 e. The van der Waals surface area contributed by atoms with Gasteiger partial charge in [-0.1, -0.05) is 38.8 Å². The van der Waals surface area contributed by atoms with Gasteiger partial charge in [0.05, 0.1) is 42.1 Å². The summed E-state index contributed by atoms with van der Waals surface area (Å²) < 4.78 is 25.9. The number of hydrogen-bond acceptors (Lipinski definition) is 10. The number of ether oxygens (including phenoxy) is 4. The van der Waals surface area contributed by atoms with Crippen LogP contribution in [0.15, 0.2) is 85.2 Å². The molecule has 3 aromatic carbocycles. The highest BCUT2D eigenvalue weighted by Crippen LogP contribution is 2.70. The van der Waals surface area contributed by atoms with Crippen LogP contribution in [0.25, 0.3) is 32.6 Å². The standard InChI is InChI=1S/C50H58N6O4/c1-6-31-20-25-55(3)26-21-33(31)12-17-45(36-18-23-51-43-15-13-34(57-4)28-40(36)43)59-48-38-10-8-9-11-39(38)49(54-53-48)60-46(47-50-30-32(7-2)42(50)22-27-56(47)50)37-19-24-52-44-16-14-35(58-5)29-41(37)44/h8-11,13-16,18-19,23-24,28-29,31-33,42,45-47H,6-7,12,17,20-22,25-27,30H2,1-5H3/t31?,32?,33?,42-,45+,46+,47-,50?,56?/m0/s1. The van der Waals surface area contributed by atoms with Crippen molar-refractivity contribution in [1.29, 1.82) is 0 Å². The lowest BCUT2D eigenvalue weighted by molar-refractivity contribution is 0.0860. The summed E-state index contributed by atoms with van der Waals surface area (Å²) >= 11 is 0. The molecule has 10 nitrogen and oxygen atoms in total. The molecule has 1 saturated carbocycles. The monoisotopic (exact) mass is 806 g/mol. The molecule has 0 amide bonds. The Kier molecular flexibility index (Phi) is 10.5. The van der Waals surface area contributed by atoms with E-state index in [2.05, 4.69) is 79.2 Å². The van der Waals surface area contributed by atoms with Crippen molar-refractivity contribution < 1.29 is 18.9 Å². The third-order valence-electron chi connectivity index (χ3n) is 15.1. The highest BCUT2D eigenvalue weighted by Gasteiger charge is 2.78. The van der Waals surface area contributed by atoms with E-state index in [4.69, 9.17) is 39.1 Å². The van der Waals surface area contributed by atoms with Crippen LogP contribution in [-0.4, -0.2) is 82.4 Å². The Balaban J connectivity index is 1.03. The number of nitrogens with zero attached hydrogens (tertiary/aromatic N) is 6. The van der Waals surface area contributed by atoms with Crippen LogP contribution >= 0.6 is 0 Å². The van der Waals surface area contributed by atoms with Crippen molar-refractivity contribution in [3.63, 3.8) is 0 Å². The highest BCUT2D eigenvalue weighted by atomic mass is 16.5. The third-order valence-corrected chi connectivity index (χ3v) is 15.1. The molecule has 9 atom stereocenters. The molecule has 312 valence electrons. The van der Waals surface area contributed by atoms with Crippen LogP contribution in [0.2, 0.25) is 0 Å². The number of likely N-dealkylation sites (tertiary alicyclic amines) is 1. The second-order valence-electron chi connectivity index (χ2n) is 17.9. The second-order valence-corrected chi connectivity index (χ2v) is 17.9. The summed E-state index contributed by atoms with van der Waals surface area (Å²) in [5.41, 5.74) is 4.20. The van der Waals surface area contributed by atoms with Crippen molar-refractivity contribution in [1.82, 2.24) is 30.0 Å². The van der Waals surface area contributed by atoms with Crippen molar-refractivity contribution in [3.05, 3.63) is 96.3 Å². The van der Waals surface area contributed by atoms with Crippen LogP contribution < -0.4 is 18.9 Å². The number of piperidine rings is 1. The van der Waals surface area contributed by atoms with Gasteiger partial charge in [-0.2, -0.15) is 0 Å². The van der Waals surface area contributed by atoms with Gasteiger partial charge in [-0.25, -0.2) is 0 Å². The van der Waals surface area contributed by atoms with Gasteiger partial charge in [-0.15, -0.1) is 10.2 Å². The normalized spacial score (nSPS) is 27.1. The average molecular weight is 807 g/mol. The van der Waals surface area contributed by atoms with E-state index in [1.165, 1.54) is 38.5 Å². The predicted molar refractivity (Wildman–Crippen MR) is 236 cm³/mol. The van der Waals surface area contributed by atoms with Crippen LogP contribution in [0.4, 0.5) is 0 Å². The van der Waals surface area contributed by atoms with Crippen molar-refractivity contribution >= 4 is 32.6 Å². The van der Waals surface area contributed by atoms with E-state index in [1.54, 1.807) is 14.2 Å². The fourth-order valence-electron chi connectivity index (χ4n) is 11.8. The molecule has 0 N–H and O–H groups in total. The van der Waals surface area contributed by atoms with Gasteiger partial charge in [0.25, 0.3) is 0 Å². The summed E-state index contributed by atoms with van der Waals surface area (Å²) in [6.45, 7) is 8.08. The Morgan fingerprint density at radius 3 is 1.95 bits per heavy atom. The summed E-state index contributed by atoms with van der Waals surface area (Å²) in [6.07, 6.45) is 12.5. The molecule has 3 saturated heterocycles. The molecule has 6 heterocycles. The largest absolute Gasteiger partial charge is 0.497 e. The van der Waals surface area contributed by atoms with E-state index in [-0.39, 0.29) is 23.8 Å². The molecule has 1 aliphatic carbocycles. The zero-order valence-electron chi connectivity index (χ0n) is 35.7. The summed E-state index contributed by atoms with van der Waals surface area (Å²) in [6, 6.07) is 25.0. The SMILES string of the molecule is CCC1CCN(C)CCC1CC[C@@H](Oc1nnc(O[C@H](c2ccnc3ccc(OC)cc23)[C@@H]2N3CC[C@H]4C(CC)CC243)c2ccccc12)c1ccnc2ccc(OC)cc12. The van der Waals surface area contributed by atoms with Crippen LogP contribution in [0.3, 0.4) is 0 Å². The molecule has 4 aliphatic rings. The van der Waals surface area contributed by atoms with Gasteiger partial charge in [0.1, 0.15) is 23.7 Å². The Morgan fingerprint density at radius 2 is 1.30 bits per heavy atom. The van der Waals surface area contributed by atoms with E-state index in [9.17, 15) is 0 Å². The first-order valence-corrected chi connectivity index (χ1v) is 22.3. The van der Waals surface area contributed by atoms with Crippen molar-refractivity contribution in [2.24, 2.45) is 23.7 Å². The molecule has 10 rings (SSSR count). The van der Waals surface area contributed by atoms with E-state index in [0.29, 0.717) is 29.5 Å². The van der Waals surface area contributed by atoms with Gasteiger partial charge >= 0.3 is 0 Å². The van der Waals surface area contributed by atoms with Gasteiger partial charge in [-0.3, -0.25) is 14.9 Å². The minimum absolute atomic E-state index is 0.179. The smallest absolute Gasteiger partial charge is 0.242 e. The minimum Gasteiger partial charge on any atom is -0.497 e. The number of benzene rings is 3. The van der Waals surface area contributed by atoms with E-state index >= 15 is 0 Å². The maximum atomic E-state index is 7.31. The van der Waals surface area contributed by atoms with Gasteiger partial charge < -0.3 is 23.8 Å². The number of pyridine rings is 2. The lowest BCUT2D eigenvalue weighted by Crippen LogP contribution is -2.46. The summed E-state index contributed by atoms with van der Waals surface area (Å²) in [4.78, 5) is 14.7. The molecule has 3 aliphatic heterocycles. The number of aromatic nitrogens is 4. The number of hydrogen-bond donors (Lipinski definition) is 0. The Labute approximate surface area is 353 Å². The van der Waals surface area contributed by atoms with Crippen LogP contribution in [0.5, 0.6) is 23.3 Å². The lowest BCUT2D eigenvalue weighted by atomic mass is 9.60. The average Bonchev–Trinajstić information content (AvgIpc) is 3.91. The molecular weight excluding hydrogens is 749 g/mol. The fraction of sp³-hybridized carbons (Fsp3) is 0.480. The van der Waals surface area contributed by atoms with Gasteiger partial charge in [-0.05, 0) is 150 Å². The van der Waals surface area contributed by atoms with Gasteiger partial charge in [0.15, 0.2) is 0 Å². The quantitative estimate of drug-likeness (QED) is 0.0991. The van der Waals surface area contributed by atoms with E-state index in [0.717, 1.165) is 93.6 Å². The number of methoxy groups -OCH3 is 2. The van der Waals surface area contributed by atoms with E-state index < -0.39 is 0 Å². The predicted octanol–water partition coefficient (Wildman–Crippen LogP) is 10.0. The molecule has 60 heavy (non-hydrogen) atoms.